The predicted molar refractivity (Wildman–Crippen MR) is 90.7 cm³/mol. The van der Waals surface area contributed by atoms with Crippen LogP contribution in [0.5, 0.6) is 0 Å². The van der Waals surface area contributed by atoms with Crippen LogP contribution < -0.4 is 0 Å². The van der Waals surface area contributed by atoms with Gasteiger partial charge in [-0.2, -0.15) is 0 Å². The first-order chi connectivity index (χ1) is 10.1. The molecule has 2 aromatic heterocycles. The van der Waals surface area contributed by atoms with Gasteiger partial charge in [-0.3, -0.25) is 4.57 Å². The van der Waals surface area contributed by atoms with Crippen LogP contribution in [-0.2, 0) is 6.42 Å². The molecule has 2 heterocycles. The van der Waals surface area contributed by atoms with Crippen molar-refractivity contribution in [2.24, 2.45) is 0 Å². The Kier molecular flexibility index (Phi) is 4.20. The zero-order valence-corrected chi connectivity index (χ0v) is 14.4. The molecule has 1 aromatic carbocycles. The summed E-state index contributed by atoms with van der Waals surface area (Å²) in [5.74, 6) is 1.39. The molecule has 0 aliphatic rings. The number of pyridine rings is 1. The van der Waals surface area contributed by atoms with Gasteiger partial charge in [0.1, 0.15) is 11.3 Å². The second kappa shape index (κ2) is 5.95. The highest BCUT2D eigenvalue weighted by molar-refractivity contribution is 9.10. The number of rotatable bonds is 3. The van der Waals surface area contributed by atoms with Crippen molar-refractivity contribution in [2.45, 2.75) is 13.3 Å². The van der Waals surface area contributed by atoms with E-state index < -0.39 is 0 Å². The van der Waals surface area contributed by atoms with Crippen LogP contribution in [0.25, 0.3) is 16.9 Å². The number of aromatic nitrogens is 3. The van der Waals surface area contributed by atoms with E-state index in [1.807, 2.05) is 16.7 Å². The van der Waals surface area contributed by atoms with Crippen LogP contribution in [0.15, 0.2) is 34.9 Å². The van der Waals surface area contributed by atoms with E-state index in [0.29, 0.717) is 17.3 Å². The summed E-state index contributed by atoms with van der Waals surface area (Å²) in [6, 6.07) is 8.03. The van der Waals surface area contributed by atoms with Crippen molar-refractivity contribution in [2.75, 3.05) is 5.88 Å². The molecule has 3 rings (SSSR count). The molecule has 0 atom stereocenters. The fraction of sp³-hybridized carbons (Fsp3) is 0.200. The van der Waals surface area contributed by atoms with Crippen molar-refractivity contribution in [1.82, 2.24) is 14.5 Å². The van der Waals surface area contributed by atoms with E-state index in [9.17, 15) is 0 Å². The molecule has 0 unspecified atom stereocenters. The minimum atomic E-state index is 0.504. The topological polar surface area (TPSA) is 30.7 Å². The van der Waals surface area contributed by atoms with Gasteiger partial charge in [0.25, 0.3) is 0 Å². The Morgan fingerprint density at radius 1 is 1.24 bits per heavy atom. The lowest BCUT2D eigenvalue weighted by atomic mass is 10.2. The van der Waals surface area contributed by atoms with E-state index in [0.717, 1.165) is 32.7 Å². The Morgan fingerprint density at radius 2 is 2.05 bits per heavy atom. The number of halogens is 3. The molecular weight excluding hydrogens is 373 g/mol. The molecule has 0 bridgehead atoms. The monoisotopic (exact) mass is 383 g/mol. The number of nitrogens with zero attached hydrogens (tertiary/aromatic N) is 3. The molecule has 6 heteroatoms. The standard InChI is InChI=1S/C15H12BrCl2N3/c1-9-4-10(16)6-12(5-9)21-14(2-3-17)20-13-7-11(18)8-19-15(13)21/h4-8H,2-3H2,1H3. The fourth-order valence-corrected chi connectivity index (χ4v) is 3.27. The number of imidazole rings is 1. The van der Waals surface area contributed by atoms with Gasteiger partial charge >= 0.3 is 0 Å². The summed E-state index contributed by atoms with van der Waals surface area (Å²) in [7, 11) is 0. The molecule has 0 fully saturated rings. The van der Waals surface area contributed by atoms with Crippen molar-refractivity contribution in [1.29, 1.82) is 0 Å². The van der Waals surface area contributed by atoms with Gasteiger partial charge < -0.3 is 0 Å². The highest BCUT2D eigenvalue weighted by Crippen LogP contribution is 2.25. The van der Waals surface area contributed by atoms with E-state index >= 15 is 0 Å². The number of hydrogen-bond donors (Lipinski definition) is 0. The first kappa shape index (κ1) is 14.8. The maximum atomic E-state index is 6.01. The predicted octanol–water partition coefficient (Wildman–Crippen LogP) is 4.93. The van der Waals surface area contributed by atoms with Crippen molar-refractivity contribution in [3.05, 3.63) is 51.3 Å². The maximum absolute atomic E-state index is 6.01. The fourth-order valence-electron chi connectivity index (χ4n) is 2.36. The van der Waals surface area contributed by atoms with Crippen LogP contribution in [-0.4, -0.2) is 20.4 Å². The van der Waals surface area contributed by atoms with Gasteiger partial charge in [0.15, 0.2) is 5.65 Å². The molecule has 108 valence electrons. The third-order valence-corrected chi connectivity index (χ3v) is 3.99. The smallest absolute Gasteiger partial charge is 0.164 e. The number of hydrogen-bond acceptors (Lipinski definition) is 2. The number of benzene rings is 1. The van der Waals surface area contributed by atoms with E-state index in [4.69, 9.17) is 23.2 Å². The zero-order valence-electron chi connectivity index (χ0n) is 11.3. The van der Waals surface area contributed by atoms with E-state index in [-0.39, 0.29) is 0 Å². The van der Waals surface area contributed by atoms with Crippen molar-refractivity contribution < 1.29 is 0 Å². The number of aryl methyl sites for hydroxylation is 2. The zero-order chi connectivity index (χ0) is 15.0. The lowest BCUT2D eigenvalue weighted by Gasteiger charge is -2.09. The average Bonchev–Trinajstić information content (AvgIpc) is 2.75. The van der Waals surface area contributed by atoms with Crippen LogP contribution in [0.2, 0.25) is 5.02 Å². The van der Waals surface area contributed by atoms with Crippen LogP contribution >= 0.6 is 39.1 Å². The largest absolute Gasteiger partial charge is 0.281 e. The summed E-state index contributed by atoms with van der Waals surface area (Å²) >= 11 is 15.5. The normalized spacial score (nSPS) is 11.2. The van der Waals surface area contributed by atoms with Crippen LogP contribution in [0.3, 0.4) is 0 Å². The molecular formula is C15H12BrCl2N3. The molecule has 0 aliphatic carbocycles. The Bertz CT molecular complexity index is 794. The van der Waals surface area contributed by atoms with Crippen molar-refractivity contribution in [3.63, 3.8) is 0 Å². The highest BCUT2D eigenvalue weighted by atomic mass is 79.9. The van der Waals surface area contributed by atoms with Crippen molar-refractivity contribution in [3.8, 4) is 5.69 Å². The van der Waals surface area contributed by atoms with Gasteiger partial charge in [0.2, 0.25) is 0 Å². The Hall–Kier alpha value is -1.10. The third-order valence-electron chi connectivity index (χ3n) is 3.14. The first-order valence-corrected chi connectivity index (χ1v) is 8.15. The molecule has 3 aromatic rings. The Balaban J connectivity index is 2.30. The molecule has 0 saturated carbocycles. The summed E-state index contributed by atoms with van der Waals surface area (Å²) in [5, 5.41) is 0.579. The van der Waals surface area contributed by atoms with Crippen molar-refractivity contribution >= 4 is 50.3 Å². The lowest BCUT2D eigenvalue weighted by Crippen LogP contribution is -2.03. The van der Waals surface area contributed by atoms with E-state index in [2.05, 4.69) is 45.0 Å². The Morgan fingerprint density at radius 3 is 2.76 bits per heavy atom. The van der Waals surface area contributed by atoms with Crippen LogP contribution in [0.4, 0.5) is 0 Å². The number of alkyl halides is 1. The van der Waals surface area contributed by atoms with Gasteiger partial charge in [-0.1, -0.05) is 27.5 Å². The molecule has 0 spiro atoms. The van der Waals surface area contributed by atoms with E-state index in [1.54, 1.807) is 6.20 Å². The van der Waals surface area contributed by atoms with Gasteiger partial charge in [-0.15, -0.1) is 11.6 Å². The minimum Gasteiger partial charge on any atom is -0.281 e. The summed E-state index contributed by atoms with van der Waals surface area (Å²) in [4.78, 5) is 9.04. The second-order valence-electron chi connectivity index (χ2n) is 4.79. The van der Waals surface area contributed by atoms with Gasteiger partial charge in [-0.05, 0) is 36.8 Å². The maximum Gasteiger partial charge on any atom is 0.164 e. The second-order valence-corrected chi connectivity index (χ2v) is 6.52. The highest BCUT2D eigenvalue weighted by Gasteiger charge is 2.14. The lowest BCUT2D eigenvalue weighted by molar-refractivity contribution is 0.904. The molecule has 0 saturated heterocycles. The molecule has 0 amide bonds. The first-order valence-electron chi connectivity index (χ1n) is 6.45. The van der Waals surface area contributed by atoms with Crippen LogP contribution in [0.1, 0.15) is 11.4 Å². The van der Waals surface area contributed by atoms with Gasteiger partial charge in [-0.25, -0.2) is 9.97 Å². The summed E-state index contributed by atoms with van der Waals surface area (Å²) < 4.78 is 3.05. The number of fused-ring (bicyclic) bond motifs is 1. The molecule has 0 radical (unpaired) electrons. The quantitative estimate of drug-likeness (QED) is 0.599. The average molecular weight is 385 g/mol. The van der Waals surface area contributed by atoms with Crippen LogP contribution in [0, 0.1) is 6.92 Å². The van der Waals surface area contributed by atoms with Gasteiger partial charge in [0.05, 0.1) is 10.7 Å². The minimum absolute atomic E-state index is 0.504. The summed E-state index contributed by atoms with van der Waals surface area (Å²) in [6.45, 7) is 2.05. The molecule has 0 N–H and O–H groups in total. The molecule has 3 nitrogen and oxygen atoms in total. The summed E-state index contributed by atoms with van der Waals surface area (Å²) in [5.41, 5.74) is 3.74. The SMILES string of the molecule is Cc1cc(Br)cc(-n2c(CCCl)nc3cc(Cl)cnc32)c1. The van der Waals surface area contributed by atoms with Gasteiger partial charge in [0, 0.05) is 23.0 Å². The Labute approximate surface area is 141 Å². The molecule has 0 aliphatic heterocycles. The van der Waals surface area contributed by atoms with E-state index in [1.165, 1.54) is 0 Å². The molecule has 21 heavy (non-hydrogen) atoms. The summed E-state index contributed by atoms with van der Waals surface area (Å²) in [6.07, 6.45) is 2.30. The third kappa shape index (κ3) is 2.93.